The summed E-state index contributed by atoms with van der Waals surface area (Å²) in [6.45, 7) is 0. The Hall–Kier alpha value is -6.74. The number of fused-ring (bicyclic) bond motifs is 13. The third-order valence-electron chi connectivity index (χ3n) is 11.4. The summed E-state index contributed by atoms with van der Waals surface area (Å²) in [6, 6.07) is 66.5. The highest BCUT2D eigenvalue weighted by Gasteiger charge is 2.19. The van der Waals surface area contributed by atoms with Crippen molar-refractivity contribution in [2.45, 2.75) is 0 Å². The molecule has 0 aliphatic heterocycles. The highest BCUT2D eigenvalue weighted by Crippen LogP contribution is 2.47. The van der Waals surface area contributed by atoms with Crippen LogP contribution in [0, 0.1) is 0 Å². The molecule has 0 bridgehead atoms. The molecule has 0 N–H and O–H groups in total. The van der Waals surface area contributed by atoms with Crippen LogP contribution in [0.5, 0.6) is 0 Å². The minimum Gasteiger partial charge on any atom is -0.456 e. The van der Waals surface area contributed by atoms with Crippen LogP contribution in [0.2, 0.25) is 0 Å². The average Bonchev–Trinajstić information content (AvgIpc) is 3.81. The molecule has 0 aliphatic carbocycles. The van der Waals surface area contributed by atoms with E-state index in [1.54, 1.807) is 0 Å². The van der Waals surface area contributed by atoms with Gasteiger partial charge in [-0.05, 0) is 107 Å². The quantitative estimate of drug-likeness (QED) is 0.132. The number of furan rings is 1. The highest BCUT2D eigenvalue weighted by molar-refractivity contribution is 7.27. The molecule has 12 rings (SSSR count). The van der Waals surface area contributed by atoms with Crippen LogP contribution < -0.4 is 0 Å². The van der Waals surface area contributed by atoms with E-state index in [-0.39, 0.29) is 0 Å². The Morgan fingerprint density at radius 2 is 0.778 bits per heavy atom. The van der Waals surface area contributed by atoms with Gasteiger partial charge in [0.05, 0.1) is 0 Å². The molecule has 0 aliphatic rings. The summed E-state index contributed by atoms with van der Waals surface area (Å²) in [5.74, 6) is 0. The first-order chi connectivity index (χ1) is 26.8. The molecule has 0 saturated heterocycles. The van der Waals surface area contributed by atoms with Gasteiger partial charge in [0.2, 0.25) is 0 Å². The van der Waals surface area contributed by atoms with Crippen LogP contribution in [-0.4, -0.2) is 0 Å². The number of hydrogen-bond donors (Lipinski definition) is 0. The zero-order chi connectivity index (χ0) is 35.3. The minimum atomic E-state index is 0.900. The van der Waals surface area contributed by atoms with E-state index >= 15 is 0 Å². The molecule has 0 unspecified atom stereocenters. The van der Waals surface area contributed by atoms with Crippen molar-refractivity contribution < 1.29 is 4.42 Å². The van der Waals surface area contributed by atoms with E-state index < -0.39 is 0 Å². The minimum absolute atomic E-state index is 0.900. The zero-order valence-electron chi connectivity index (χ0n) is 29.1. The van der Waals surface area contributed by atoms with Crippen molar-refractivity contribution in [3.63, 3.8) is 0 Å². The molecule has 0 atom stereocenters. The van der Waals surface area contributed by atoms with Crippen molar-refractivity contribution in [3.05, 3.63) is 182 Å². The Morgan fingerprint density at radius 1 is 0.296 bits per heavy atom. The molecular formula is C52H30OS. The smallest absolute Gasteiger partial charge is 0.136 e. The molecule has 2 heteroatoms. The van der Waals surface area contributed by atoms with Crippen molar-refractivity contribution in [2.24, 2.45) is 0 Å². The maximum atomic E-state index is 6.74. The fourth-order valence-electron chi connectivity index (χ4n) is 9.05. The van der Waals surface area contributed by atoms with Crippen LogP contribution in [0.1, 0.15) is 0 Å². The summed E-state index contributed by atoms with van der Waals surface area (Å²) in [5.41, 5.74) is 9.04. The highest BCUT2D eigenvalue weighted by atomic mass is 32.1. The summed E-state index contributed by atoms with van der Waals surface area (Å²) >= 11 is 1.90. The van der Waals surface area contributed by atoms with Crippen LogP contribution in [0.25, 0.3) is 119 Å². The molecule has 2 heterocycles. The number of thiophene rings is 1. The lowest BCUT2D eigenvalue weighted by Crippen LogP contribution is -1.90. The van der Waals surface area contributed by atoms with Gasteiger partial charge >= 0.3 is 0 Å². The van der Waals surface area contributed by atoms with Gasteiger partial charge in [0.15, 0.2) is 0 Å². The zero-order valence-corrected chi connectivity index (χ0v) is 30.0. The van der Waals surface area contributed by atoms with Gasteiger partial charge in [-0.1, -0.05) is 146 Å². The molecule has 0 radical (unpaired) electrons. The Balaban J connectivity index is 1.02. The van der Waals surface area contributed by atoms with Crippen LogP contribution in [0.4, 0.5) is 0 Å². The van der Waals surface area contributed by atoms with Gasteiger partial charge in [-0.3, -0.25) is 0 Å². The van der Waals surface area contributed by atoms with Gasteiger partial charge in [-0.25, -0.2) is 0 Å². The van der Waals surface area contributed by atoms with Gasteiger partial charge in [0.25, 0.3) is 0 Å². The second-order valence-corrected chi connectivity index (χ2v) is 15.4. The molecule has 2 aromatic heterocycles. The van der Waals surface area contributed by atoms with E-state index in [4.69, 9.17) is 4.42 Å². The fourth-order valence-corrected chi connectivity index (χ4v) is 10.3. The van der Waals surface area contributed by atoms with Crippen molar-refractivity contribution in [2.75, 3.05) is 0 Å². The van der Waals surface area contributed by atoms with Crippen molar-refractivity contribution in [1.29, 1.82) is 0 Å². The number of benzene rings is 10. The molecule has 1 nitrogen and oxygen atoms in total. The third kappa shape index (κ3) is 4.26. The van der Waals surface area contributed by atoms with Crippen LogP contribution >= 0.6 is 11.3 Å². The molecule has 54 heavy (non-hydrogen) atoms. The van der Waals surface area contributed by atoms with Crippen molar-refractivity contribution in [1.82, 2.24) is 0 Å². The molecule has 0 amide bonds. The summed E-state index contributed by atoms with van der Waals surface area (Å²) in [7, 11) is 0. The van der Waals surface area contributed by atoms with E-state index in [0.29, 0.717) is 0 Å². The van der Waals surface area contributed by atoms with E-state index in [0.717, 1.165) is 33.1 Å². The largest absolute Gasteiger partial charge is 0.456 e. The summed E-state index contributed by atoms with van der Waals surface area (Å²) in [5, 5.41) is 15.1. The Morgan fingerprint density at radius 3 is 1.44 bits per heavy atom. The van der Waals surface area contributed by atoms with Crippen LogP contribution in [0.3, 0.4) is 0 Å². The Kier molecular flexibility index (Phi) is 6.28. The monoisotopic (exact) mass is 702 g/mol. The Labute approximate surface area is 314 Å². The van der Waals surface area contributed by atoms with Gasteiger partial charge in [0.1, 0.15) is 11.2 Å². The fraction of sp³-hybridized carbons (Fsp3) is 0. The van der Waals surface area contributed by atoms with Gasteiger partial charge < -0.3 is 4.42 Å². The second-order valence-electron chi connectivity index (χ2n) is 14.3. The summed E-state index contributed by atoms with van der Waals surface area (Å²) in [4.78, 5) is 0. The molecule has 0 spiro atoms. The van der Waals surface area contributed by atoms with E-state index in [1.807, 2.05) is 11.3 Å². The van der Waals surface area contributed by atoms with E-state index in [1.165, 1.54) is 85.5 Å². The molecule has 10 aromatic carbocycles. The third-order valence-corrected chi connectivity index (χ3v) is 12.6. The first-order valence-electron chi connectivity index (χ1n) is 18.5. The first-order valence-corrected chi connectivity index (χ1v) is 19.3. The SMILES string of the molecule is c1ccc(-c2c3ccccc3c(-c3ccc4c(c3)oc3cc(-c5ccc6c(c5)c5ccccc5c5c7ccccc7sc65)ccc34)c3ccccc23)cc1. The van der Waals surface area contributed by atoms with Crippen LogP contribution in [0.15, 0.2) is 186 Å². The van der Waals surface area contributed by atoms with E-state index in [2.05, 4.69) is 182 Å². The molecular weight excluding hydrogens is 673 g/mol. The predicted molar refractivity (Wildman–Crippen MR) is 233 cm³/mol. The van der Waals surface area contributed by atoms with Crippen LogP contribution in [-0.2, 0) is 0 Å². The second kappa shape index (κ2) is 11.4. The standard InChI is InChI=1S/C52H30OS/c1-2-12-31(13-3-1)49-39-16-6-8-18-41(39)50(42-19-9-7-17-40(42)49)34-24-26-37-36-25-22-33(29-46(36)53-47(37)30-34)32-23-27-43-45(28-32)35-14-4-5-15-38(35)51-44-20-10-11-21-48(44)54-52(43)51/h1-30H. The first kappa shape index (κ1) is 29.8. The molecule has 250 valence electrons. The predicted octanol–water partition coefficient (Wildman–Crippen LogP) is 15.6. The molecule has 0 fully saturated rings. The van der Waals surface area contributed by atoms with Gasteiger partial charge in [0, 0.05) is 36.3 Å². The molecule has 0 saturated carbocycles. The number of rotatable bonds is 3. The lowest BCUT2D eigenvalue weighted by Gasteiger charge is -2.17. The van der Waals surface area contributed by atoms with Gasteiger partial charge in [-0.15, -0.1) is 11.3 Å². The normalized spacial score (nSPS) is 12.1. The average molecular weight is 703 g/mol. The maximum absolute atomic E-state index is 6.74. The van der Waals surface area contributed by atoms with Gasteiger partial charge in [-0.2, -0.15) is 0 Å². The van der Waals surface area contributed by atoms with E-state index in [9.17, 15) is 0 Å². The summed E-state index contributed by atoms with van der Waals surface area (Å²) < 4.78 is 9.43. The lowest BCUT2D eigenvalue weighted by molar-refractivity contribution is 0.669. The van der Waals surface area contributed by atoms with Crippen molar-refractivity contribution in [3.8, 4) is 33.4 Å². The maximum Gasteiger partial charge on any atom is 0.136 e. The van der Waals surface area contributed by atoms with Crippen molar-refractivity contribution >= 4 is 96.5 Å². The summed E-state index contributed by atoms with van der Waals surface area (Å²) in [6.07, 6.45) is 0. The Bertz CT molecular complexity index is 3440. The topological polar surface area (TPSA) is 13.1 Å². The number of hydrogen-bond acceptors (Lipinski definition) is 2. The molecule has 12 aromatic rings. The lowest BCUT2D eigenvalue weighted by atomic mass is 9.86.